The summed E-state index contributed by atoms with van der Waals surface area (Å²) in [4.78, 5) is 29.9. The first kappa shape index (κ1) is 19.9. The van der Waals surface area contributed by atoms with Gasteiger partial charge in [0.2, 0.25) is 0 Å². The molecule has 0 radical (unpaired) electrons. The largest absolute Gasteiger partial charge is 0.478 e. The smallest absolute Gasteiger partial charge is 0.335 e. The minimum atomic E-state index is -0.980. The van der Waals surface area contributed by atoms with Crippen LogP contribution in [0.1, 0.15) is 53.8 Å². The summed E-state index contributed by atoms with van der Waals surface area (Å²) >= 11 is 0. The summed E-state index contributed by atoms with van der Waals surface area (Å²) in [7, 11) is 0. The van der Waals surface area contributed by atoms with Gasteiger partial charge in [-0.25, -0.2) is 9.78 Å². The van der Waals surface area contributed by atoms with Crippen LogP contribution in [0.5, 0.6) is 0 Å². The first-order valence-electron chi connectivity index (χ1n) is 8.02. The number of aryl methyl sites for hydroxylation is 2. The Morgan fingerprint density at radius 1 is 1.20 bits per heavy atom. The summed E-state index contributed by atoms with van der Waals surface area (Å²) in [5.74, 6) is 5.47. The Hall–Kier alpha value is -3.13. The van der Waals surface area contributed by atoms with E-state index in [9.17, 15) is 9.59 Å². The highest BCUT2D eigenvalue weighted by Gasteiger charge is 2.09. The highest BCUT2D eigenvalue weighted by molar-refractivity contribution is 5.87. The quantitative estimate of drug-likeness (QED) is 0.820. The molecule has 1 aromatic carbocycles. The van der Waals surface area contributed by atoms with Crippen LogP contribution < -0.4 is 5.56 Å². The Bertz CT molecular complexity index is 895. The molecule has 0 unspecified atom stereocenters. The molecule has 25 heavy (non-hydrogen) atoms. The van der Waals surface area contributed by atoms with E-state index < -0.39 is 5.97 Å². The van der Waals surface area contributed by atoms with Crippen molar-refractivity contribution in [3.63, 3.8) is 0 Å². The zero-order valence-electron chi connectivity index (χ0n) is 15.1. The van der Waals surface area contributed by atoms with Crippen LogP contribution >= 0.6 is 0 Å². The molecule has 0 aliphatic heterocycles. The van der Waals surface area contributed by atoms with E-state index in [1.165, 1.54) is 12.1 Å². The number of carboxylic acids is 1. The molecule has 2 N–H and O–H groups in total. The molecule has 130 valence electrons. The van der Waals surface area contributed by atoms with Gasteiger partial charge in [0.25, 0.3) is 5.56 Å². The maximum Gasteiger partial charge on any atom is 0.335 e. The molecule has 1 aromatic heterocycles. The Morgan fingerprint density at radius 2 is 1.80 bits per heavy atom. The Kier molecular flexibility index (Phi) is 7.36. The summed E-state index contributed by atoms with van der Waals surface area (Å²) in [6, 6.07) is 6.25. The lowest BCUT2D eigenvalue weighted by atomic mass is 10.1. The lowest BCUT2D eigenvalue weighted by Gasteiger charge is -2.04. The number of aromatic nitrogens is 2. The van der Waals surface area contributed by atoms with Gasteiger partial charge in [0.05, 0.1) is 16.8 Å². The number of nitrogens with zero attached hydrogens (tertiary/aromatic N) is 1. The molecule has 1 heterocycles. The summed E-state index contributed by atoms with van der Waals surface area (Å²) in [6.45, 7) is 9.30. The Labute approximate surface area is 147 Å². The molecule has 0 atom stereocenters. The molecule has 0 spiro atoms. The molecule has 5 heteroatoms. The number of rotatable bonds is 2. The van der Waals surface area contributed by atoms with Crippen molar-refractivity contribution >= 4 is 11.5 Å². The molecule has 5 nitrogen and oxygen atoms in total. The van der Waals surface area contributed by atoms with Gasteiger partial charge in [0.1, 0.15) is 5.82 Å². The second-order valence-corrected chi connectivity index (χ2v) is 4.95. The third-order valence-corrected chi connectivity index (χ3v) is 3.25. The van der Waals surface area contributed by atoms with Gasteiger partial charge in [-0.05, 0) is 45.0 Å². The summed E-state index contributed by atoms with van der Waals surface area (Å²) in [6.07, 6.45) is 1.76. The first-order chi connectivity index (χ1) is 11.9. The number of carbonyl (C=O) groups is 1. The second kappa shape index (κ2) is 9.24. The van der Waals surface area contributed by atoms with E-state index in [-0.39, 0.29) is 11.1 Å². The normalized spacial score (nSPS) is 10.2. The van der Waals surface area contributed by atoms with Crippen LogP contribution in [-0.4, -0.2) is 21.0 Å². The van der Waals surface area contributed by atoms with E-state index in [4.69, 9.17) is 5.11 Å². The number of hydrogen-bond donors (Lipinski definition) is 2. The summed E-state index contributed by atoms with van der Waals surface area (Å²) in [5.41, 5.74) is 2.31. The number of aromatic carboxylic acids is 1. The predicted molar refractivity (Wildman–Crippen MR) is 99.6 cm³/mol. The molecular formula is C20H22N2O3. The van der Waals surface area contributed by atoms with E-state index in [1.807, 2.05) is 13.8 Å². The average Bonchev–Trinajstić information content (AvgIpc) is 2.59. The number of carboxylic acid groups (broad SMARTS) is 1. The van der Waals surface area contributed by atoms with Crippen LogP contribution in [-0.2, 0) is 0 Å². The zero-order chi connectivity index (χ0) is 19.0. The van der Waals surface area contributed by atoms with Crippen LogP contribution in [0.15, 0.2) is 35.1 Å². The zero-order valence-corrected chi connectivity index (χ0v) is 15.1. The van der Waals surface area contributed by atoms with E-state index in [1.54, 1.807) is 39.0 Å². The van der Waals surface area contributed by atoms with Crippen molar-refractivity contribution < 1.29 is 9.90 Å². The van der Waals surface area contributed by atoms with Crippen molar-refractivity contribution in [2.24, 2.45) is 0 Å². The molecule has 0 saturated carbocycles. The van der Waals surface area contributed by atoms with E-state index >= 15 is 0 Å². The van der Waals surface area contributed by atoms with Crippen molar-refractivity contribution in [2.45, 2.75) is 34.6 Å². The molecule has 0 aliphatic carbocycles. The van der Waals surface area contributed by atoms with Gasteiger partial charge in [-0.2, -0.15) is 0 Å². The van der Waals surface area contributed by atoms with Gasteiger partial charge in [0.15, 0.2) is 0 Å². The van der Waals surface area contributed by atoms with Crippen molar-refractivity contribution in [1.29, 1.82) is 0 Å². The Morgan fingerprint density at radius 3 is 2.28 bits per heavy atom. The second-order valence-electron chi connectivity index (χ2n) is 4.95. The summed E-state index contributed by atoms with van der Waals surface area (Å²) < 4.78 is 0. The van der Waals surface area contributed by atoms with Gasteiger partial charge >= 0.3 is 5.97 Å². The number of nitrogens with one attached hydrogen (secondary N) is 1. The van der Waals surface area contributed by atoms with Crippen LogP contribution in [0.4, 0.5) is 0 Å². The fraction of sp³-hybridized carbons (Fsp3) is 0.250. The lowest BCUT2D eigenvalue weighted by Crippen LogP contribution is -2.16. The monoisotopic (exact) mass is 338 g/mol. The number of allylic oxidation sites excluding steroid dienone is 2. The van der Waals surface area contributed by atoms with Gasteiger partial charge in [-0.1, -0.05) is 31.8 Å². The predicted octanol–water partition coefficient (Wildman–Crippen LogP) is 3.57. The van der Waals surface area contributed by atoms with Gasteiger partial charge < -0.3 is 10.1 Å². The molecule has 0 fully saturated rings. The molecule has 2 rings (SSSR count). The molecular weight excluding hydrogens is 316 g/mol. The molecule has 2 aromatic rings. The summed E-state index contributed by atoms with van der Waals surface area (Å²) in [5, 5.41) is 8.87. The van der Waals surface area contributed by atoms with Crippen molar-refractivity contribution in [2.75, 3.05) is 0 Å². The molecule has 0 saturated heterocycles. The van der Waals surface area contributed by atoms with Crippen LogP contribution in [0, 0.1) is 25.7 Å². The van der Waals surface area contributed by atoms with Crippen molar-refractivity contribution in [3.05, 3.63) is 68.9 Å². The SMILES string of the molecule is C/C=C(/C#Cc1ccc(C(=O)O)cc1)c1c(C)nc(C)[nH]c1=O.CC. The van der Waals surface area contributed by atoms with Gasteiger partial charge in [-0.3, -0.25) is 4.79 Å². The van der Waals surface area contributed by atoms with Crippen molar-refractivity contribution in [1.82, 2.24) is 9.97 Å². The fourth-order valence-electron chi connectivity index (χ4n) is 2.16. The topological polar surface area (TPSA) is 83.0 Å². The maximum atomic E-state index is 12.1. The van der Waals surface area contributed by atoms with E-state index in [0.29, 0.717) is 28.2 Å². The highest BCUT2D eigenvalue weighted by Crippen LogP contribution is 2.12. The third-order valence-electron chi connectivity index (χ3n) is 3.25. The molecule has 0 bridgehead atoms. The first-order valence-corrected chi connectivity index (χ1v) is 8.02. The fourth-order valence-corrected chi connectivity index (χ4v) is 2.16. The average molecular weight is 338 g/mol. The van der Waals surface area contributed by atoms with Gasteiger partial charge in [-0.15, -0.1) is 0 Å². The highest BCUT2D eigenvalue weighted by atomic mass is 16.4. The number of aromatic amines is 1. The lowest BCUT2D eigenvalue weighted by molar-refractivity contribution is 0.0697. The minimum absolute atomic E-state index is 0.205. The standard InChI is InChI=1S/C18H16N2O3.C2H6/c1-4-14(16-11(2)19-12(3)20-17(16)21)8-5-13-6-9-15(10-7-13)18(22)23;1-2/h4,6-7,9-10H,1-3H3,(H,22,23)(H,19,20,21);1-2H3/b14-4-;. The number of hydrogen-bond acceptors (Lipinski definition) is 3. The molecule has 0 aliphatic rings. The van der Waals surface area contributed by atoms with E-state index in [2.05, 4.69) is 21.8 Å². The third kappa shape index (κ3) is 5.18. The number of benzene rings is 1. The van der Waals surface area contributed by atoms with Crippen molar-refractivity contribution in [3.8, 4) is 11.8 Å². The van der Waals surface area contributed by atoms with Crippen LogP contribution in [0.2, 0.25) is 0 Å². The minimum Gasteiger partial charge on any atom is -0.478 e. The Balaban J connectivity index is 0.00000151. The number of H-pyrrole nitrogens is 1. The van der Waals surface area contributed by atoms with Crippen LogP contribution in [0.25, 0.3) is 5.57 Å². The molecule has 0 amide bonds. The maximum absolute atomic E-state index is 12.1. The van der Waals surface area contributed by atoms with Gasteiger partial charge in [0, 0.05) is 11.1 Å². The van der Waals surface area contributed by atoms with Crippen LogP contribution in [0.3, 0.4) is 0 Å². The van der Waals surface area contributed by atoms with E-state index in [0.717, 1.165) is 0 Å².